The summed E-state index contributed by atoms with van der Waals surface area (Å²) in [4.78, 5) is 2.33. The molecule has 0 spiro atoms. The van der Waals surface area contributed by atoms with Gasteiger partial charge in [-0.15, -0.1) is 0 Å². The molecule has 0 aromatic heterocycles. The smallest absolute Gasteiger partial charge is 0.000968 e. The summed E-state index contributed by atoms with van der Waals surface area (Å²) >= 11 is 0. The van der Waals surface area contributed by atoms with E-state index in [1.165, 1.54) is 6.42 Å². The van der Waals surface area contributed by atoms with Crippen LogP contribution in [0.4, 0.5) is 0 Å². The summed E-state index contributed by atoms with van der Waals surface area (Å²) in [6.45, 7) is 5.97. The van der Waals surface area contributed by atoms with Crippen LogP contribution in [0.25, 0.3) is 0 Å². The van der Waals surface area contributed by atoms with Crippen LogP contribution in [0.2, 0.25) is 0 Å². The van der Waals surface area contributed by atoms with Crippen molar-refractivity contribution in [2.75, 3.05) is 46.3 Å². The number of nitrogens with zero attached hydrogens (tertiary/aromatic N) is 1. The van der Waals surface area contributed by atoms with E-state index in [2.05, 4.69) is 17.3 Å². The normalized spacial score (nSPS) is 11.1. The minimum absolute atomic E-state index is 0.781. The second-order valence-electron chi connectivity index (χ2n) is 3.69. The molecule has 0 aliphatic rings. The summed E-state index contributed by atoms with van der Waals surface area (Å²) < 4.78 is 0. The molecule has 0 aromatic rings. The zero-order valence-electron chi connectivity index (χ0n) is 9.47. The number of nitrogens with two attached hydrogens (primary N) is 2. The number of nitrogens with one attached hydrogen (secondary N) is 1. The second-order valence-corrected chi connectivity index (χ2v) is 3.69. The van der Waals surface area contributed by atoms with E-state index >= 15 is 0 Å². The first-order valence-electron chi connectivity index (χ1n) is 5.60. The summed E-state index contributed by atoms with van der Waals surface area (Å²) in [7, 11) is 2.15. The third kappa shape index (κ3) is 9.92. The molecule has 14 heavy (non-hydrogen) atoms. The Kier molecular flexibility index (Phi) is 10.8. The lowest BCUT2D eigenvalue weighted by molar-refractivity contribution is 0.324. The molecule has 4 nitrogen and oxygen atoms in total. The monoisotopic (exact) mass is 202 g/mol. The second kappa shape index (κ2) is 10.9. The molecule has 0 aromatic carbocycles. The molecule has 0 saturated heterocycles. The Morgan fingerprint density at radius 3 is 2.14 bits per heavy atom. The Balaban J connectivity index is 3.02. The summed E-state index contributed by atoms with van der Waals surface area (Å²) in [5.41, 5.74) is 10.8. The van der Waals surface area contributed by atoms with Crippen LogP contribution in [0, 0.1) is 0 Å². The van der Waals surface area contributed by atoms with Crippen LogP contribution in [-0.4, -0.2) is 51.2 Å². The lowest BCUT2D eigenvalue weighted by Gasteiger charge is -2.15. The van der Waals surface area contributed by atoms with Gasteiger partial charge in [0.25, 0.3) is 0 Å². The van der Waals surface area contributed by atoms with Crippen molar-refractivity contribution in [2.24, 2.45) is 11.5 Å². The van der Waals surface area contributed by atoms with Gasteiger partial charge < -0.3 is 21.7 Å². The fourth-order valence-corrected chi connectivity index (χ4v) is 1.30. The van der Waals surface area contributed by atoms with E-state index in [1.54, 1.807) is 0 Å². The first kappa shape index (κ1) is 13.8. The fraction of sp³-hybridized carbons (Fsp3) is 1.00. The molecule has 4 heteroatoms. The van der Waals surface area contributed by atoms with Crippen LogP contribution in [0.1, 0.15) is 19.3 Å². The Hall–Kier alpha value is -0.160. The van der Waals surface area contributed by atoms with Crippen molar-refractivity contribution in [1.82, 2.24) is 10.2 Å². The molecular weight excluding hydrogens is 176 g/mol. The van der Waals surface area contributed by atoms with Gasteiger partial charge in [0, 0.05) is 0 Å². The molecule has 0 aliphatic carbocycles. The van der Waals surface area contributed by atoms with E-state index in [-0.39, 0.29) is 0 Å². The average molecular weight is 202 g/mol. The van der Waals surface area contributed by atoms with Crippen molar-refractivity contribution in [3.8, 4) is 0 Å². The highest BCUT2D eigenvalue weighted by atomic mass is 15.1. The standard InChI is InChI=1S/C10H26N4/c1-14(9-3-6-12)10-4-8-13-7-2-5-11/h13H,2-12H2,1H3. The predicted octanol–water partition coefficient (Wildman–Crippen LogP) is -0.404. The lowest BCUT2D eigenvalue weighted by Crippen LogP contribution is -2.27. The molecule has 0 rings (SSSR count). The SMILES string of the molecule is CN(CCCN)CCCNCCCN. The average Bonchev–Trinajstić information content (AvgIpc) is 2.20. The van der Waals surface area contributed by atoms with Gasteiger partial charge in [-0.3, -0.25) is 0 Å². The first-order valence-corrected chi connectivity index (χ1v) is 5.60. The maximum absolute atomic E-state index is 5.44. The zero-order valence-corrected chi connectivity index (χ0v) is 9.47. The van der Waals surface area contributed by atoms with E-state index in [0.29, 0.717) is 0 Å². The summed E-state index contributed by atoms with van der Waals surface area (Å²) in [6.07, 6.45) is 3.37. The summed E-state index contributed by atoms with van der Waals surface area (Å²) in [5, 5.41) is 3.37. The third-order valence-electron chi connectivity index (χ3n) is 2.20. The van der Waals surface area contributed by atoms with Crippen LogP contribution >= 0.6 is 0 Å². The van der Waals surface area contributed by atoms with Gasteiger partial charge in [-0.2, -0.15) is 0 Å². The van der Waals surface area contributed by atoms with Gasteiger partial charge in [0.05, 0.1) is 0 Å². The molecule has 0 aliphatic heterocycles. The van der Waals surface area contributed by atoms with Gasteiger partial charge in [-0.25, -0.2) is 0 Å². The van der Waals surface area contributed by atoms with Crippen molar-refractivity contribution in [3.63, 3.8) is 0 Å². The van der Waals surface area contributed by atoms with Gasteiger partial charge in [0.15, 0.2) is 0 Å². The van der Waals surface area contributed by atoms with Crippen LogP contribution in [0.3, 0.4) is 0 Å². The van der Waals surface area contributed by atoms with Crippen molar-refractivity contribution in [1.29, 1.82) is 0 Å². The molecule has 0 bridgehead atoms. The Morgan fingerprint density at radius 2 is 1.50 bits per heavy atom. The van der Waals surface area contributed by atoms with Crippen LogP contribution in [-0.2, 0) is 0 Å². The molecule has 0 atom stereocenters. The van der Waals surface area contributed by atoms with Gasteiger partial charge >= 0.3 is 0 Å². The minimum atomic E-state index is 0.781. The minimum Gasteiger partial charge on any atom is -0.330 e. The zero-order chi connectivity index (χ0) is 10.6. The Bertz CT molecular complexity index is 108. The maximum Gasteiger partial charge on any atom is -0.000968 e. The van der Waals surface area contributed by atoms with E-state index < -0.39 is 0 Å². The van der Waals surface area contributed by atoms with Gasteiger partial charge in [-0.1, -0.05) is 0 Å². The van der Waals surface area contributed by atoms with Crippen LogP contribution in [0.5, 0.6) is 0 Å². The molecule has 86 valence electrons. The maximum atomic E-state index is 5.44. The first-order chi connectivity index (χ1) is 6.81. The molecular formula is C10H26N4. The Morgan fingerprint density at radius 1 is 0.929 bits per heavy atom. The number of rotatable bonds is 10. The van der Waals surface area contributed by atoms with Crippen LogP contribution < -0.4 is 16.8 Å². The van der Waals surface area contributed by atoms with Crippen LogP contribution in [0.15, 0.2) is 0 Å². The van der Waals surface area contributed by atoms with E-state index in [9.17, 15) is 0 Å². The largest absolute Gasteiger partial charge is 0.330 e. The molecule has 0 amide bonds. The topological polar surface area (TPSA) is 67.3 Å². The molecule has 5 N–H and O–H groups in total. The van der Waals surface area contributed by atoms with Crippen molar-refractivity contribution in [3.05, 3.63) is 0 Å². The fourth-order valence-electron chi connectivity index (χ4n) is 1.30. The summed E-state index contributed by atoms with van der Waals surface area (Å²) in [5.74, 6) is 0. The van der Waals surface area contributed by atoms with Gasteiger partial charge in [0.1, 0.15) is 0 Å². The quantitative estimate of drug-likeness (QED) is 0.422. The molecule has 0 unspecified atom stereocenters. The highest BCUT2D eigenvalue weighted by Gasteiger charge is 1.96. The van der Waals surface area contributed by atoms with Gasteiger partial charge in [-0.05, 0) is 65.6 Å². The lowest BCUT2D eigenvalue weighted by atomic mass is 10.3. The molecule has 0 heterocycles. The molecule has 0 saturated carbocycles. The summed E-state index contributed by atoms with van der Waals surface area (Å²) in [6, 6.07) is 0. The van der Waals surface area contributed by atoms with E-state index in [0.717, 1.165) is 52.1 Å². The van der Waals surface area contributed by atoms with Crippen molar-refractivity contribution >= 4 is 0 Å². The predicted molar refractivity (Wildman–Crippen MR) is 62.3 cm³/mol. The number of hydrogen-bond acceptors (Lipinski definition) is 4. The third-order valence-corrected chi connectivity index (χ3v) is 2.20. The Labute approximate surface area is 88.0 Å². The van der Waals surface area contributed by atoms with E-state index in [1.807, 2.05) is 0 Å². The van der Waals surface area contributed by atoms with Crippen molar-refractivity contribution in [2.45, 2.75) is 19.3 Å². The van der Waals surface area contributed by atoms with Crippen molar-refractivity contribution < 1.29 is 0 Å². The number of hydrogen-bond donors (Lipinski definition) is 3. The highest BCUT2D eigenvalue weighted by molar-refractivity contribution is 4.55. The van der Waals surface area contributed by atoms with E-state index in [4.69, 9.17) is 11.5 Å². The van der Waals surface area contributed by atoms with Gasteiger partial charge in [0.2, 0.25) is 0 Å². The molecule has 0 radical (unpaired) electrons. The highest BCUT2D eigenvalue weighted by Crippen LogP contribution is 1.88. The molecule has 0 fully saturated rings.